The van der Waals surface area contributed by atoms with E-state index in [1.807, 2.05) is 30.3 Å². The van der Waals surface area contributed by atoms with Gasteiger partial charge in [-0.1, -0.05) is 44.2 Å². The van der Waals surface area contributed by atoms with Gasteiger partial charge in [0.25, 0.3) is 0 Å². The number of thioether (sulfide) groups is 1. The lowest BCUT2D eigenvalue weighted by Crippen LogP contribution is -2.05. The molecule has 3 heteroatoms. The van der Waals surface area contributed by atoms with Crippen LogP contribution in [0.3, 0.4) is 0 Å². The van der Waals surface area contributed by atoms with E-state index >= 15 is 0 Å². The Morgan fingerprint density at radius 1 is 1.33 bits per heavy atom. The van der Waals surface area contributed by atoms with Crippen LogP contribution < -0.4 is 0 Å². The van der Waals surface area contributed by atoms with Gasteiger partial charge in [0.1, 0.15) is 0 Å². The summed E-state index contributed by atoms with van der Waals surface area (Å²) in [5.41, 5.74) is 1.10. The minimum absolute atomic E-state index is 0.0590. The van der Waals surface area contributed by atoms with Crippen molar-refractivity contribution in [2.24, 2.45) is 0 Å². The number of carboxylic acids is 1. The molecule has 0 aliphatic heterocycles. The van der Waals surface area contributed by atoms with Crippen molar-refractivity contribution >= 4 is 17.7 Å². The van der Waals surface area contributed by atoms with E-state index in [0.29, 0.717) is 5.25 Å². The molecule has 1 unspecified atom stereocenters. The van der Waals surface area contributed by atoms with Crippen LogP contribution >= 0.6 is 11.8 Å². The third-order valence-corrected chi connectivity index (χ3v) is 3.28. The summed E-state index contributed by atoms with van der Waals surface area (Å²) in [6.07, 6.45) is 0.187. The van der Waals surface area contributed by atoms with Gasteiger partial charge in [0.05, 0.1) is 6.42 Å². The molecule has 1 aromatic rings. The zero-order valence-electron chi connectivity index (χ0n) is 9.01. The second-order valence-electron chi connectivity index (χ2n) is 3.68. The van der Waals surface area contributed by atoms with Crippen LogP contribution in [0.25, 0.3) is 0 Å². The third-order valence-electron chi connectivity index (χ3n) is 1.97. The molecule has 1 atom stereocenters. The number of benzene rings is 1. The predicted molar refractivity (Wildman–Crippen MR) is 64.2 cm³/mol. The fourth-order valence-corrected chi connectivity index (χ4v) is 2.61. The van der Waals surface area contributed by atoms with Crippen molar-refractivity contribution in [3.05, 3.63) is 35.9 Å². The van der Waals surface area contributed by atoms with Crippen molar-refractivity contribution in [1.29, 1.82) is 0 Å². The number of hydrogen-bond donors (Lipinski definition) is 1. The number of carboxylic acid groups (broad SMARTS) is 1. The monoisotopic (exact) mass is 224 g/mol. The van der Waals surface area contributed by atoms with E-state index in [2.05, 4.69) is 13.8 Å². The van der Waals surface area contributed by atoms with Gasteiger partial charge < -0.3 is 5.11 Å². The van der Waals surface area contributed by atoms with Gasteiger partial charge >= 0.3 is 5.97 Å². The molecule has 1 N–H and O–H groups in total. The van der Waals surface area contributed by atoms with Gasteiger partial charge in [-0.25, -0.2) is 0 Å². The van der Waals surface area contributed by atoms with Gasteiger partial charge in [-0.15, -0.1) is 0 Å². The average Bonchev–Trinajstić information content (AvgIpc) is 2.17. The van der Waals surface area contributed by atoms with Crippen molar-refractivity contribution in [1.82, 2.24) is 0 Å². The van der Waals surface area contributed by atoms with Gasteiger partial charge in [0.15, 0.2) is 0 Å². The van der Waals surface area contributed by atoms with Gasteiger partial charge in [-0.2, -0.15) is 11.8 Å². The Balaban J connectivity index is 2.76. The maximum Gasteiger partial charge on any atom is 0.304 e. The summed E-state index contributed by atoms with van der Waals surface area (Å²) >= 11 is 1.70. The first-order valence-corrected chi connectivity index (χ1v) is 5.96. The van der Waals surface area contributed by atoms with E-state index in [9.17, 15) is 4.79 Å². The van der Waals surface area contributed by atoms with Crippen molar-refractivity contribution in [3.8, 4) is 0 Å². The standard InChI is InChI=1S/C12H16O2S/c1-9(2)15-11(8-12(13)14)10-6-4-3-5-7-10/h3-7,9,11H,8H2,1-2H3,(H,13,14). The van der Waals surface area contributed by atoms with E-state index in [1.165, 1.54) is 0 Å². The first-order valence-electron chi connectivity index (χ1n) is 5.01. The van der Waals surface area contributed by atoms with Crippen molar-refractivity contribution in [3.63, 3.8) is 0 Å². The first kappa shape index (κ1) is 12.1. The lowest BCUT2D eigenvalue weighted by atomic mass is 10.1. The zero-order valence-corrected chi connectivity index (χ0v) is 9.83. The Morgan fingerprint density at radius 3 is 2.40 bits per heavy atom. The topological polar surface area (TPSA) is 37.3 Å². The second-order valence-corrected chi connectivity index (χ2v) is 5.47. The average molecular weight is 224 g/mol. The van der Waals surface area contributed by atoms with E-state index < -0.39 is 5.97 Å². The van der Waals surface area contributed by atoms with Crippen LogP contribution in [0.5, 0.6) is 0 Å². The van der Waals surface area contributed by atoms with Crippen molar-refractivity contribution < 1.29 is 9.90 Å². The highest BCUT2D eigenvalue weighted by Crippen LogP contribution is 2.34. The summed E-state index contributed by atoms with van der Waals surface area (Å²) in [5, 5.41) is 9.34. The number of rotatable bonds is 5. The summed E-state index contributed by atoms with van der Waals surface area (Å²) < 4.78 is 0. The fourth-order valence-electron chi connectivity index (χ4n) is 1.40. The zero-order chi connectivity index (χ0) is 11.3. The smallest absolute Gasteiger partial charge is 0.304 e. The highest BCUT2D eigenvalue weighted by atomic mass is 32.2. The molecule has 0 radical (unpaired) electrons. The Hall–Kier alpha value is -0.960. The maximum atomic E-state index is 10.8. The summed E-state index contributed by atoms with van der Waals surface area (Å²) in [5.74, 6) is -0.739. The number of aliphatic carboxylic acids is 1. The SMILES string of the molecule is CC(C)SC(CC(=O)O)c1ccccc1. The van der Waals surface area contributed by atoms with Crippen LogP contribution in [0.1, 0.15) is 31.1 Å². The quantitative estimate of drug-likeness (QED) is 0.833. The Morgan fingerprint density at radius 2 is 1.93 bits per heavy atom. The first-order chi connectivity index (χ1) is 7.09. The Kier molecular flexibility index (Phi) is 4.69. The van der Waals surface area contributed by atoms with Crippen LogP contribution in [0, 0.1) is 0 Å². The van der Waals surface area contributed by atoms with Crippen LogP contribution in [-0.4, -0.2) is 16.3 Å². The van der Waals surface area contributed by atoms with E-state index in [4.69, 9.17) is 5.11 Å². The van der Waals surface area contributed by atoms with E-state index in [0.717, 1.165) is 5.56 Å². The molecule has 1 aromatic carbocycles. The highest BCUT2D eigenvalue weighted by Gasteiger charge is 2.16. The van der Waals surface area contributed by atoms with Crippen LogP contribution in [0.2, 0.25) is 0 Å². The van der Waals surface area contributed by atoms with Gasteiger partial charge in [-0.3, -0.25) is 4.79 Å². The fraction of sp³-hybridized carbons (Fsp3) is 0.417. The van der Waals surface area contributed by atoms with Gasteiger partial charge in [-0.05, 0) is 10.8 Å². The largest absolute Gasteiger partial charge is 0.481 e. The summed E-state index contributed by atoms with van der Waals surface area (Å²) in [7, 11) is 0. The van der Waals surface area contributed by atoms with E-state index in [-0.39, 0.29) is 11.7 Å². The molecule has 0 aliphatic carbocycles. The molecule has 0 saturated heterocycles. The lowest BCUT2D eigenvalue weighted by molar-refractivity contribution is -0.137. The third kappa shape index (κ3) is 4.38. The molecule has 82 valence electrons. The molecule has 1 rings (SSSR count). The van der Waals surface area contributed by atoms with Gasteiger partial charge in [0.2, 0.25) is 0 Å². The van der Waals surface area contributed by atoms with Crippen molar-refractivity contribution in [2.75, 3.05) is 0 Å². The Labute approximate surface area is 94.7 Å². The van der Waals surface area contributed by atoms with E-state index in [1.54, 1.807) is 11.8 Å². The van der Waals surface area contributed by atoms with Gasteiger partial charge in [0, 0.05) is 5.25 Å². The Bertz CT molecular complexity index is 309. The lowest BCUT2D eigenvalue weighted by Gasteiger charge is -2.17. The van der Waals surface area contributed by atoms with Crippen LogP contribution in [0.15, 0.2) is 30.3 Å². The molecule has 0 amide bonds. The predicted octanol–water partition coefficient (Wildman–Crippen LogP) is 3.34. The number of hydrogen-bond acceptors (Lipinski definition) is 2. The van der Waals surface area contributed by atoms with Crippen LogP contribution in [0.4, 0.5) is 0 Å². The minimum Gasteiger partial charge on any atom is -0.481 e. The molecule has 2 nitrogen and oxygen atoms in total. The molecular weight excluding hydrogens is 208 g/mol. The summed E-state index contributed by atoms with van der Waals surface area (Å²) in [6.45, 7) is 4.17. The summed E-state index contributed by atoms with van der Waals surface area (Å²) in [6, 6.07) is 9.82. The molecular formula is C12H16O2S. The molecule has 0 aromatic heterocycles. The molecule has 0 bridgehead atoms. The van der Waals surface area contributed by atoms with Crippen molar-refractivity contribution in [2.45, 2.75) is 30.8 Å². The molecule has 0 aliphatic rings. The molecule has 15 heavy (non-hydrogen) atoms. The number of carbonyl (C=O) groups is 1. The molecule has 0 heterocycles. The molecule has 0 spiro atoms. The second kappa shape index (κ2) is 5.81. The highest BCUT2D eigenvalue weighted by molar-refractivity contribution is 8.00. The molecule has 0 fully saturated rings. The maximum absolute atomic E-state index is 10.8. The molecule has 0 saturated carbocycles. The summed E-state index contributed by atoms with van der Waals surface area (Å²) in [4.78, 5) is 10.8. The normalized spacial score (nSPS) is 12.7. The minimum atomic E-state index is -0.739. The van der Waals surface area contributed by atoms with Crippen LogP contribution in [-0.2, 0) is 4.79 Å².